The SMILES string of the molecule is C[C@]12CC/C(=N/OCC(=O)N[C@H](Cc3ccccc3)C(=O)O)C=C1CC[C@@H]1[C@@H]2[C@@H](O)C[C@@]2(C)[C@H]1CC[C@]2(O)C(=O)CO. The van der Waals surface area contributed by atoms with Crippen molar-refractivity contribution in [1.29, 1.82) is 0 Å². The van der Waals surface area contributed by atoms with Gasteiger partial charge in [-0.1, -0.05) is 54.9 Å². The van der Waals surface area contributed by atoms with Gasteiger partial charge in [0, 0.05) is 11.8 Å². The van der Waals surface area contributed by atoms with E-state index in [0.717, 1.165) is 24.8 Å². The highest BCUT2D eigenvalue weighted by molar-refractivity contribution is 5.96. The Morgan fingerprint density at radius 1 is 1.12 bits per heavy atom. The molecular weight excluding hydrogens is 540 g/mol. The maximum Gasteiger partial charge on any atom is 0.326 e. The third-order valence-electron chi connectivity index (χ3n) is 11.0. The first kappa shape index (κ1) is 30.4. The van der Waals surface area contributed by atoms with Crippen LogP contribution in [0.1, 0.15) is 64.4 Å². The molecule has 4 aliphatic carbocycles. The summed E-state index contributed by atoms with van der Waals surface area (Å²) in [5.41, 5.74) is 0.0184. The van der Waals surface area contributed by atoms with Crippen molar-refractivity contribution in [2.75, 3.05) is 13.2 Å². The number of oxime groups is 1. The van der Waals surface area contributed by atoms with Gasteiger partial charge in [-0.2, -0.15) is 0 Å². The van der Waals surface area contributed by atoms with Gasteiger partial charge in [0.25, 0.3) is 5.91 Å². The molecule has 0 saturated heterocycles. The number of carbonyl (C=O) groups is 3. The van der Waals surface area contributed by atoms with E-state index in [9.17, 15) is 34.8 Å². The average molecular weight is 583 g/mol. The molecule has 0 radical (unpaired) electrons. The van der Waals surface area contributed by atoms with E-state index in [0.29, 0.717) is 31.4 Å². The molecule has 0 heterocycles. The number of carboxylic acid groups (broad SMARTS) is 1. The number of aliphatic hydroxyl groups is 3. The van der Waals surface area contributed by atoms with Gasteiger partial charge in [-0.3, -0.25) is 9.59 Å². The van der Waals surface area contributed by atoms with Crippen LogP contribution in [0.5, 0.6) is 0 Å². The molecule has 3 saturated carbocycles. The Hall–Kier alpha value is -3.08. The molecule has 42 heavy (non-hydrogen) atoms. The van der Waals surface area contributed by atoms with Crippen LogP contribution in [0.2, 0.25) is 0 Å². The Morgan fingerprint density at radius 3 is 2.55 bits per heavy atom. The number of hydrogen-bond acceptors (Lipinski definition) is 8. The number of aliphatic carboxylic acids is 1. The van der Waals surface area contributed by atoms with Crippen molar-refractivity contribution in [3.8, 4) is 0 Å². The van der Waals surface area contributed by atoms with Gasteiger partial charge in [-0.05, 0) is 79.8 Å². The van der Waals surface area contributed by atoms with Gasteiger partial charge in [0.2, 0.25) is 0 Å². The Bertz CT molecular complexity index is 1280. The van der Waals surface area contributed by atoms with Crippen LogP contribution in [0.15, 0.2) is 47.1 Å². The third-order valence-corrected chi connectivity index (χ3v) is 11.0. The molecule has 4 aliphatic rings. The van der Waals surface area contributed by atoms with E-state index in [1.54, 1.807) is 12.1 Å². The molecule has 1 amide bonds. The van der Waals surface area contributed by atoms with Crippen molar-refractivity contribution in [2.45, 2.75) is 83.0 Å². The number of nitrogens with zero attached hydrogens (tertiary/aromatic N) is 1. The molecule has 228 valence electrons. The summed E-state index contributed by atoms with van der Waals surface area (Å²) >= 11 is 0. The molecule has 1 aromatic carbocycles. The molecular formula is C32H42N2O8. The molecule has 0 spiro atoms. The number of nitrogens with one attached hydrogen (secondary N) is 1. The predicted molar refractivity (Wildman–Crippen MR) is 153 cm³/mol. The molecule has 0 aliphatic heterocycles. The minimum absolute atomic E-state index is 0.0204. The lowest BCUT2D eigenvalue weighted by atomic mass is 9.45. The van der Waals surface area contributed by atoms with E-state index < -0.39 is 54.0 Å². The fraction of sp³-hybridized carbons (Fsp3) is 0.625. The summed E-state index contributed by atoms with van der Waals surface area (Å²) in [5, 5.41) is 48.7. The number of Topliss-reactive ketones (excluding diaryl/α,β-unsaturated/α-hetero) is 1. The zero-order valence-corrected chi connectivity index (χ0v) is 24.3. The molecule has 0 bridgehead atoms. The van der Waals surface area contributed by atoms with Crippen LogP contribution in [0, 0.1) is 28.6 Å². The van der Waals surface area contributed by atoms with Gasteiger partial charge in [-0.15, -0.1) is 0 Å². The molecule has 10 heteroatoms. The zero-order chi connectivity index (χ0) is 30.3. The molecule has 3 fully saturated rings. The number of fused-ring (bicyclic) bond motifs is 5. The van der Waals surface area contributed by atoms with Crippen LogP contribution in [0.3, 0.4) is 0 Å². The Labute approximate surface area is 245 Å². The van der Waals surface area contributed by atoms with Crippen LogP contribution in [-0.2, 0) is 25.6 Å². The fourth-order valence-electron chi connectivity index (χ4n) is 8.82. The third kappa shape index (κ3) is 5.18. The van der Waals surface area contributed by atoms with Crippen LogP contribution in [0.4, 0.5) is 0 Å². The topological polar surface area (TPSA) is 166 Å². The van der Waals surface area contributed by atoms with E-state index in [2.05, 4.69) is 17.4 Å². The number of amides is 1. The number of rotatable bonds is 9. The van der Waals surface area contributed by atoms with E-state index in [1.165, 1.54) is 5.57 Å². The number of carbonyl (C=O) groups excluding carboxylic acids is 2. The van der Waals surface area contributed by atoms with Crippen LogP contribution in [-0.4, -0.2) is 74.8 Å². The second-order valence-electron chi connectivity index (χ2n) is 13.1. The largest absolute Gasteiger partial charge is 0.480 e. The van der Waals surface area contributed by atoms with Gasteiger partial charge >= 0.3 is 5.97 Å². The van der Waals surface area contributed by atoms with E-state index in [-0.39, 0.29) is 29.6 Å². The number of ketones is 1. The van der Waals surface area contributed by atoms with E-state index in [4.69, 9.17) is 4.84 Å². The molecule has 5 rings (SSSR count). The molecule has 1 aromatic rings. The monoisotopic (exact) mass is 582 g/mol. The summed E-state index contributed by atoms with van der Waals surface area (Å²) in [6.45, 7) is 2.99. The first-order valence-corrected chi connectivity index (χ1v) is 14.9. The van der Waals surface area contributed by atoms with Gasteiger partial charge in [-0.25, -0.2) is 4.79 Å². The van der Waals surface area contributed by atoms with Crippen LogP contribution in [0.25, 0.3) is 0 Å². The molecule has 10 nitrogen and oxygen atoms in total. The summed E-state index contributed by atoms with van der Waals surface area (Å²) in [6.07, 6.45) is 5.74. The normalized spacial score (nSPS) is 37.1. The van der Waals surface area contributed by atoms with Gasteiger partial charge in [0.05, 0.1) is 11.8 Å². The summed E-state index contributed by atoms with van der Waals surface area (Å²) in [6, 6.07) is 7.99. The summed E-state index contributed by atoms with van der Waals surface area (Å²) < 4.78 is 0. The standard InChI is InChI=1S/C32H42N2O8/c1-30-12-10-21(34-42-18-27(38)33-24(29(39)40)14-19-6-4-3-5-7-19)15-20(30)8-9-22-23-11-13-32(41,26(37)17-35)31(23,2)16-25(36)28(22)30/h3-7,15,22-25,28,35-36,41H,8-14,16-18H2,1-2H3,(H,33,38)(H,39,40)/b34-21-/t22-,23-,24+,25-,28+,30-,31-,32-/m0/s1. The number of carboxylic acids is 1. The second kappa shape index (κ2) is 11.5. The minimum atomic E-state index is -1.61. The Morgan fingerprint density at radius 2 is 1.86 bits per heavy atom. The predicted octanol–water partition coefficient (Wildman–Crippen LogP) is 2.40. The molecule has 8 atom stereocenters. The zero-order valence-electron chi connectivity index (χ0n) is 24.3. The van der Waals surface area contributed by atoms with Crippen molar-refractivity contribution in [3.05, 3.63) is 47.5 Å². The number of aliphatic hydroxyl groups excluding tert-OH is 2. The Balaban J connectivity index is 1.23. The lowest BCUT2D eigenvalue weighted by Crippen LogP contribution is -2.62. The number of hydrogen-bond donors (Lipinski definition) is 5. The lowest BCUT2D eigenvalue weighted by Gasteiger charge is -2.60. The first-order chi connectivity index (χ1) is 19.9. The van der Waals surface area contributed by atoms with E-state index >= 15 is 0 Å². The van der Waals surface area contributed by atoms with Crippen LogP contribution >= 0.6 is 0 Å². The van der Waals surface area contributed by atoms with Crippen molar-refractivity contribution in [3.63, 3.8) is 0 Å². The smallest absolute Gasteiger partial charge is 0.326 e. The van der Waals surface area contributed by atoms with Crippen molar-refractivity contribution >= 4 is 23.4 Å². The molecule has 5 N–H and O–H groups in total. The van der Waals surface area contributed by atoms with E-state index in [1.807, 2.05) is 31.2 Å². The fourth-order valence-corrected chi connectivity index (χ4v) is 8.82. The maximum absolute atomic E-state index is 12.6. The van der Waals surface area contributed by atoms with Crippen molar-refractivity contribution in [1.82, 2.24) is 5.32 Å². The summed E-state index contributed by atoms with van der Waals surface area (Å²) in [5.74, 6) is -2.04. The van der Waals surface area contributed by atoms with Crippen LogP contribution < -0.4 is 5.32 Å². The summed E-state index contributed by atoms with van der Waals surface area (Å²) in [4.78, 5) is 42.0. The van der Waals surface area contributed by atoms with Gasteiger partial charge in [0.15, 0.2) is 12.4 Å². The van der Waals surface area contributed by atoms with Gasteiger partial charge in [0.1, 0.15) is 18.2 Å². The first-order valence-electron chi connectivity index (χ1n) is 14.9. The van der Waals surface area contributed by atoms with Crippen molar-refractivity contribution < 1.29 is 39.6 Å². The molecule has 0 aromatic heterocycles. The Kier molecular flexibility index (Phi) is 8.35. The average Bonchev–Trinajstić information content (AvgIpc) is 3.23. The lowest BCUT2D eigenvalue weighted by molar-refractivity contribution is -0.181. The maximum atomic E-state index is 12.6. The van der Waals surface area contributed by atoms with Gasteiger partial charge < -0.3 is 30.6 Å². The molecule has 0 unspecified atom stereocenters. The quantitative estimate of drug-likeness (QED) is 0.277. The second-order valence-corrected chi connectivity index (χ2v) is 13.1. The summed E-state index contributed by atoms with van der Waals surface area (Å²) in [7, 11) is 0. The number of benzene rings is 1. The van der Waals surface area contributed by atoms with Crippen molar-refractivity contribution in [2.24, 2.45) is 33.7 Å². The minimum Gasteiger partial charge on any atom is -0.480 e. The highest BCUT2D eigenvalue weighted by atomic mass is 16.6. The highest BCUT2D eigenvalue weighted by Gasteiger charge is 2.68. The number of allylic oxidation sites excluding steroid dienone is 2. The highest BCUT2D eigenvalue weighted by Crippen LogP contribution is 2.67.